The lowest BCUT2D eigenvalue weighted by atomic mass is 9.85. The van der Waals surface area contributed by atoms with Crippen molar-refractivity contribution in [2.45, 2.75) is 103 Å². The minimum atomic E-state index is -0.781. The van der Waals surface area contributed by atoms with Crippen molar-refractivity contribution in [2.24, 2.45) is 0 Å². The maximum atomic E-state index is 12.9. The molecule has 0 aliphatic heterocycles. The van der Waals surface area contributed by atoms with E-state index in [1.807, 2.05) is 20.8 Å². The van der Waals surface area contributed by atoms with Gasteiger partial charge in [0, 0.05) is 12.8 Å². The fourth-order valence-corrected chi connectivity index (χ4v) is 5.09. The molecular formula is C19H37O4P. The highest BCUT2D eigenvalue weighted by Crippen LogP contribution is 2.46. The molecule has 1 fully saturated rings. The molecular weight excluding hydrogens is 323 g/mol. The van der Waals surface area contributed by atoms with Crippen LogP contribution in [0.25, 0.3) is 0 Å². The van der Waals surface area contributed by atoms with Gasteiger partial charge in [0.15, 0.2) is 5.52 Å². The van der Waals surface area contributed by atoms with Crippen molar-refractivity contribution in [3.05, 3.63) is 0 Å². The fourth-order valence-electron chi connectivity index (χ4n) is 3.51. The van der Waals surface area contributed by atoms with E-state index < -0.39 is 5.60 Å². The Labute approximate surface area is 150 Å². The summed E-state index contributed by atoms with van der Waals surface area (Å²) in [6.45, 7) is 14.6. The van der Waals surface area contributed by atoms with Gasteiger partial charge in [0.2, 0.25) is 0 Å². The van der Waals surface area contributed by atoms with Crippen LogP contribution in [0.15, 0.2) is 0 Å². The predicted molar refractivity (Wildman–Crippen MR) is 101 cm³/mol. The zero-order chi connectivity index (χ0) is 18.6. The van der Waals surface area contributed by atoms with Crippen molar-refractivity contribution in [3.8, 4) is 0 Å². The van der Waals surface area contributed by atoms with Gasteiger partial charge in [-0.05, 0) is 69.9 Å². The van der Waals surface area contributed by atoms with Crippen LogP contribution in [0.5, 0.6) is 0 Å². The Kier molecular flexibility index (Phi) is 7.87. The van der Waals surface area contributed by atoms with Crippen LogP contribution in [-0.2, 0) is 19.0 Å². The van der Waals surface area contributed by atoms with Crippen molar-refractivity contribution in [3.63, 3.8) is 0 Å². The molecule has 24 heavy (non-hydrogen) atoms. The van der Waals surface area contributed by atoms with Gasteiger partial charge in [0.05, 0.1) is 23.9 Å². The smallest absolute Gasteiger partial charge is 0.182 e. The Morgan fingerprint density at radius 2 is 1.88 bits per heavy atom. The maximum Gasteiger partial charge on any atom is 0.182 e. The molecule has 0 spiro atoms. The molecule has 0 radical (unpaired) electrons. The summed E-state index contributed by atoms with van der Waals surface area (Å²) in [5.41, 5.74) is -0.744. The maximum absolute atomic E-state index is 12.9. The first-order valence-electron chi connectivity index (χ1n) is 9.07. The summed E-state index contributed by atoms with van der Waals surface area (Å²) in [4.78, 5) is 12.9. The summed E-state index contributed by atoms with van der Waals surface area (Å²) in [6.07, 6.45) is 4.33. The van der Waals surface area contributed by atoms with E-state index in [0.29, 0.717) is 6.61 Å². The summed E-state index contributed by atoms with van der Waals surface area (Å²) >= 11 is 0. The molecule has 4 unspecified atom stereocenters. The number of carbonyl (C=O) groups excluding carboxylic acids is 1. The molecule has 0 aromatic heterocycles. The Morgan fingerprint density at radius 3 is 2.42 bits per heavy atom. The topological polar surface area (TPSA) is 44.8 Å². The molecule has 0 aromatic carbocycles. The molecule has 1 rings (SSSR count). The number of methoxy groups -OCH3 is 1. The highest BCUT2D eigenvalue weighted by Gasteiger charge is 2.43. The SMILES string of the molecule is COCC(C)OC(C)(C)C(=O)PC1CCCCC1(C)OC(C)(C)C. The van der Waals surface area contributed by atoms with Crippen molar-refractivity contribution in [1.29, 1.82) is 0 Å². The zero-order valence-electron chi connectivity index (χ0n) is 16.8. The quantitative estimate of drug-likeness (QED) is 0.596. The van der Waals surface area contributed by atoms with Gasteiger partial charge in [-0.2, -0.15) is 0 Å². The van der Waals surface area contributed by atoms with E-state index in [4.69, 9.17) is 14.2 Å². The van der Waals surface area contributed by atoms with E-state index in [2.05, 4.69) is 27.7 Å². The summed E-state index contributed by atoms with van der Waals surface area (Å²) in [5.74, 6) is 0. The Morgan fingerprint density at radius 1 is 1.25 bits per heavy atom. The molecule has 1 aliphatic rings. The zero-order valence-corrected chi connectivity index (χ0v) is 17.8. The second-order valence-electron chi connectivity index (χ2n) is 8.69. The number of hydrogen-bond donors (Lipinski definition) is 0. The minimum absolute atomic E-state index is 0.0951. The molecule has 0 heterocycles. The average Bonchev–Trinajstić information content (AvgIpc) is 2.38. The summed E-state index contributed by atoms with van der Waals surface area (Å²) in [7, 11) is 1.86. The van der Waals surface area contributed by atoms with Gasteiger partial charge in [-0.15, -0.1) is 0 Å². The highest BCUT2D eigenvalue weighted by molar-refractivity contribution is 7.59. The van der Waals surface area contributed by atoms with Crippen molar-refractivity contribution < 1.29 is 19.0 Å². The van der Waals surface area contributed by atoms with Crippen LogP contribution < -0.4 is 0 Å². The molecule has 4 nitrogen and oxygen atoms in total. The summed E-state index contributed by atoms with van der Waals surface area (Å²) < 4.78 is 17.5. The van der Waals surface area contributed by atoms with E-state index in [9.17, 15) is 4.79 Å². The van der Waals surface area contributed by atoms with Gasteiger partial charge in [0.1, 0.15) is 5.60 Å². The standard InChI is InChI=1S/C19H37O4P/c1-14(13-21-8)22-18(5,6)16(20)24-15-11-9-10-12-19(15,7)23-17(2,3)4/h14-15,24H,9-13H2,1-8H3. The first-order valence-corrected chi connectivity index (χ1v) is 10.2. The van der Waals surface area contributed by atoms with Crippen LogP contribution in [0.3, 0.4) is 0 Å². The second-order valence-corrected chi connectivity index (χ2v) is 10.1. The molecule has 0 aromatic rings. The molecule has 142 valence electrons. The van der Waals surface area contributed by atoms with Crippen LogP contribution in [-0.4, -0.2) is 47.8 Å². The Balaban J connectivity index is 2.78. The van der Waals surface area contributed by atoms with Crippen LogP contribution in [0.2, 0.25) is 0 Å². The van der Waals surface area contributed by atoms with E-state index >= 15 is 0 Å². The molecule has 5 heteroatoms. The van der Waals surface area contributed by atoms with Crippen LogP contribution in [0.4, 0.5) is 0 Å². The normalized spacial score (nSPS) is 27.6. The van der Waals surface area contributed by atoms with E-state index in [1.54, 1.807) is 7.11 Å². The van der Waals surface area contributed by atoms with E-state index in [0.717, 1.165) is 12.8 Å². The lowest BCUT2D eigenvalue weighted by molar-refractivity contribution is -0.143. The Bertz CT molecular complexity index is 416. The van der Waals surface area contributed by atoms with Crippen molar-refractivity contribution in [1.82, 2.24) is 0 Å². The molecule has 0 bridgehead atoms. The lowest BCUT2D eigenvalue weighted by Gasteiger charge is -2.45. The molecule has 0 amide bonds. The predicted octanol–water partition coefficient (Wildman–Crippen LogP) is 4.54. The third kappa shape index (κ3) is 6.71. The van der Waals surface area contributed by atoms with Crippen LogP contribution in [0, 0.1) is 0 Å². The first-order chi connectivity index (χ1) is 10.9. The largest absolute Gasteiger partial charge is 0.382 e. The summed E-state index contributed by atoms with van der Waals surface area (Å²) in [5, 5.41) is 0. The molecule has 4 atom stereocenters. The van der Waals surface area contributed by atoms with E-state index in [-0.39, 0.29) is 37.1 Å². The third-order valence-electron chi connectivity index (χ3n) is 4.44. The van der Waals surface area contributed by atoms with Gasteiger partial charge in [0.25, 0.3) is 0 Å². The molecule has 0 saturated heterocycles. The van der Waals surface area contributed by atoms with Gasteiger partial charge in [-0.1, -0.05) is 12.8 Å². The van der Waals surface area contributed by atoms with Crippen LogP contribution in [0.1, 0.15) is 74.1 Å². The minimum Gasteiger partial charge on any atom is -0.382 e. The first kappa shape index (κ1) is 22.0. The molecule has 1 aliphatic carbocycles. The van der Waals surface area contributed by atoms with Crippen molar-refractivity contribution >= 4 is 14.1 Å². The molecule has 1 saturated carbocycles. The number of rotatable bonds is 8. The number of ether oxygens (including phenoxy) is 3. The van der Waals surface area contributed by atoms with Gasteiger partial charge >= 0.3 is 0 Å². The average molecular weight is 360 g/mol. The van der Waals surface area contributed by atoms with Gasteiger partial charge in [-0.3, -0.25) is 4.79 Å². The second kappa shape index (κ2) is 8.58. The third-order valence-corrected chi connectivity index (χ3v) is 6.55. The van der Waals surface area contributed by atoms with Gasteiger partial charge < -0.3 is 14.2 Å². The Hall–Kier alpha value is -0.0200. The lowest BCUT2D eigenvalue weighted by Crippen LogP contribution is -2.48. The van der Waals surface area contributed by atoms with Crippen LogP contribution >= 0.6 is 8.58 Å². The summed E-state index contributed by atoms with van der Waals surface area (Å²) in [6, 6.07) is 0. The van der Waals surface area contributed by atoms with Gasteiger partial charge in [-0.25, -0.2) is 0 Å². The monoisotopic (exact) mass is 360 g/mol. The number of hydrogen-bond acceptors (Lipinski definition) is 4. The highest BCUT2D eigenvalue weighted by atomic mass is 31.1. The van der Waals surface area contributed by atoms with E-state index in [1.165, 1.54) is 12.8 Å². The van der Waals surface area contributed by atoms with Crippen molar-refractivity contribution in [2.75, 3.05) is 13.7 Å². The number of carbonyl (C=O) groups is 1. The fraction of sp³-hybridized carbons (Fsp3) is 0.947. The molecule has 0 N–H and O–H groups in total.